The zero-order valence-corrected chi connectivity index (χ0v) is 50.9. The van der Waals surface area contributed by atoms with Gasteiger partial charge in [-0.3, -0.25) is 0 Å². The summed E-state index contributed by atoms with van der Waals surface area (Å²) in [4.78, 5) is 2.22. The summed E-state index contributed by atoms with van der Waals surface area (Å²) in [5.41, 5.74) is 19.5. The number of likely N-dealkylation sites (N-methyl/N-ethyl adjacent to an activating group) is 1. The molecule has 88 heavy (non-hydrogen) atoms. The molecule has 3 heteroatoms. The van der Waals surface area contributed by atoms with E-state index in [0.717, 1.165) is 65.5 Å². The molecular weight excluding hydrogens is 1060 g/mol. The van der Waals surface area contributed by atoms with Crippen LogP contribution in [-0.2, 0) is 0 Å². The first-order chi connectivity index (χ1) is 43.4. The molecule has 2 fully saturated rings. The normalized spacial score (nSPS) is 18.2. The average molecular weight is 1140 g/mol. The van der Waals surface area contributed by atoms with Crippen molar-refractivity contribution >= 4 is 22.4 Å². The van der Waals surface area contributed by atoms with E-state index in [2.05, 4.69) is 315 Å². The molecule has 4 atom stereocenters. The number of benzene rings is 8. The third kappa shape index (κ3) is 18.6. The Labute approximate surface area is 524 Å². The summed E-state index contributed by atoms with van der Waals surface area (Å²) in [5.74, 6) is 3.27. The van der Waals surface area contributed by atoms with E-state index in [9.17, 15) is 0 Å². The summed E-state index contributed by atoms with van der Waals surface area (Å²) in [5, 5.41) is 7.12. The van der Waals surface area contributed by atoms with Gasteiger partial charge in [0, 0.05) is 54.6 Å². The van der Waals surface area contributed by atoms with Crippen molar-refractivity contribution < 1.29 is 0 Å². The third-order valence-electron chi connectivity index (χ3n) is 16.2. The molecular formula is C85H81N3. The lowest BCUT2D eigenvalue weighted by Crippen LogP contribution is -2.18. The van der Waals surface area contributed by atoms with Crippen LogP contribution in [0.25, 0.3) is 39.0 Å². The summed E-state index contributed by atoms with van der Waals surface area (Å²) < 4.78 is 0. The predicted molar refractivity (Wildman–Crippen MR) is 378 cm³/mol. The summed E-state index contributed by atoms with van der Waals surface area (Å²) in [6.07, 6.45) is 43.0. The molecule has 0 aliphatic heterocycles. The Hall–Kier alpha value is -10.2. The highest BCUT2D eigenvalue weighted by Crippen LogP contribution is 2.50. The SMILES string of the molecule is C=C(/C=C(\C=C\NC1=CC=C(c2ccccc2)C=CC1)N(C)c1ccc(C2=CCC=CC3CC23)cc1)NC1=CC=C(c2ccccc2)C=CC1.CC1=CC=CC2CC12.c1ccc(-c2ccccc2)cc1.c1ccc(-c2ccccc2)cc1.c1ccccc1. The monoisotopic (exact) mass is 1140 g/mol. The average Bonchev–Trinajstić information content (AvgIpc) is 3.48. The van der Waals surface area contributed by atoms with Crippen molar-refractivity contribution in [1.82, 2.24) is 10.6 Å². The van der Waals surface area contributed by atoms with E-state index in [1.165, 1.54) is 68.5 Å². The molecule has 6 aliphatic carbocycles. The fourth-order valence-electron chi connectivity index (χ4n) is 11.1. The van der Waals surface area contributed by atoms with Crippen molar-refractivity contribution in [2.24, 2.45) is 23.7 Å². The van der Waals surface area contributed by atoms with E-state index in [0.29, 0.717) is 5.92 Å². The Kier molecular flexibility index (Phi) is 22.4. The molecule has 2 N–H and O–H groups in total. The molecule has 436 valence electrons. The van der Waals surface area contributed by atoms with Crippen LogP contribution in [0.5, 0.6) is 0 Å². The van der Waals surface area contributed by atoms with Crippen molar-refractivity contribution in [1.29, 1.82) is 0 Å². The Bertz CT molecular complexity index is 3700. The zero-order chi connectivity index (χ0) is 60.4. The van der Waals surface area contributed by atoms with Crippen LogP contribution in [0.15, 0.2) is 381 Å². The van der Waals surface area contributed by atoms with E-state index < -0.39 is 0 Å². The Balaban J connectivity index is 0.000000176. The topological polar surface area (TPSA) is 27.3 Å². The van der Waals surface area contributed by atoms with Crippen LogP contribution in [-0.4, -0.2) is 7.05 Å². The number of hydrogen-bond acceptors (Lipinski definition) is 3. The van der Waals surface area contributed by atoms with E-state index in [-0.39, 0.29) is 0 Å². The van der Waals surface area contributed by atoms with Crippen LogP contribution in [0.1, 0.15) is 55.7 Å². The number of anilines is 1. The van der Waals surface area contributed by atoms with Gasteiger partial charge in [0.05, 0.1) is 0 Å². The number of nitrogens with zero attached hydrogens (tertiary/aromatic N) is 1. The number of allylic oxidation sites excluding steroid dienone is 20. The van der Waals surface area contributed by atoms with Crippen molar-refractivity contribution in [2.75, 3.05) is 11.9 Å². The highest BCUT2D eigenvalue weighted by molar-refractivity contribution is 5.77. The molecule has 4 unspecified atom stereocenters. The summed E-state index contributed by atoms with van der Waals surface area (Å²) >= 11 is 0. The van der Waals surface area contributed by atoms with Gasteiger partial charge >= 0.3 is 0 Å². The molecule has 3 nitrogen and oxygen atoms in total. The van der Waals surface area contributed by atoms with Crippen LogP contribution in [0, 0.1) is 23.7 Å². The number of rotatable bonds is 13. The third-order valence-corrected chi connectivity index (χ3v) is 16.2. The number of fused-ring (bicyclic) bond motifs is 2. The Morgan fingerprint density at radius 3 is 1.36 bits per heavy atom. The molecule has 0 spiro atoms. The second-order valence-electron chi connectivity index (χ2n) is 22.6. The minimum Gasteiger partial charge on any atom is -0.365 e. The lowest BCUT2D eigenvalue weighted by Gasteiger charge is -2.22. The highest BCUT2D eigenvalue weighted by Gasteiger charge is 2.39. The van der Waals surface area contributed by atoms with Crippen LogP contribution in [0.2, 0.25) is 0 Å². The second kappa shape index (κ2) is 32.3. The molecule has 0 saturated heterocycles. The fourth-order valence-corrected chi connectivity index (χ4v) is 11.1. The first-order valence-electron chi connectivity index (χ1n) is 31.0. The second-order valence-corrected chi connectivity index (χ2v) is 22.6. The van der Waals surface area contributed by atoms with Gasteiger partial charge in [-0.25, -0.2) is 0 Å². The molecule has 0 radical (unpaired) electrons. The summed E-state index contributed by atoms with van der Waals surface area (Å²) in [6, 6.07) is 83.6. The van der Waals surface area contributed by atoms with Crippen LogP contribution in [0.3, 0.4) is 0 Å². The largest absolute Gasteiger partial charge is 0.365 e. The summed E-state index contributed by atoms with van der Waals surface area (Å²) in [6.45, 7) is 6.65. The molecule has 0 aromatic heterocycles. The lowest BCUT2D eigenvalue weighted by molar-refractivity contribution is 0.909. The van der Waals surface area contributed by atoms with Gasteiger partial charge < -0.3 is 15.5 Å². The van der Waals surface area contributed by atoms with Gasteiger partial charge in [-0.15, -0.1) is 0 Å². The molecule has 0 amide bonds. The van der Waals surface area contributed by atoms with Crippen molar-refractivity contribution in [3.8, 4) is 22.3 Å². The van der Waals surface area contributed by atoms with E-state index in [1.54, 1.807) is 5.57 Å². The molecule has 14 rings (SSSR count). The van der Waals surface area contributed by atoms with Crippen molar-refractivity contribution in [3.63, 3.8) is 0 Å². The van der Waals surface area contributed by atoms with Crippen LogP contribution in [0.4, 0.5) is 5.69 Å². The molecule has 8 aromatic rings. The van der Waals surface area contributed by atoms with Gasteiger partial charge in [-0.1, -0.05) is 316 Å². The van der Waals surface area contributed by atoms with E-state index in [1.807, 2.05) is 66.9 Å². The molecule has 8 aromatic carbocycles. The van der Waals surface area contributed by atoms with Gasteiger partial charge in [0.15, 0.2) is 0 Å². The van der Waals surface area contributed by atoms with Gasteiger partial charge in [0.1, 0.15) is 0 Å². The predicted octanol–water partition coefficient (Wildman–Crippen LogP) is 21.6. The standard InChI is InChI=1S/C47H45N3.2C12H10.C8H10.C6H6/c1-35(49-43-21-12-19-39(24-28-43)37-15-7-4-8-16-37)33-45(31-32-48-42-20-11-18-38(23-27-42)36-13-5-3-6-14-36)50(2)44-29-25-40(26-30-44)46-22-10-9-17-41-34-47(41)46;2*1-3-7-11(8-4-1)12-9-5-2-6-10-12;1-6-3-2-4-7-5-8(6)7;1-2-4-6-5-3-1/h3-9,11-19,22-33,41,47-49H,1,10,20-21,34H2,2H3;2*1-10H;2-4,7-8H,5H2,1H3;1-6H/b32-31+,45-33+;;;;. The Morgan fingerprint density at radius 1 is 0.455 bits per heavy atom. The minimum atomic E-state index is 0.676. The molecule has 2 saturated carbocycles. The maximum absolute atomic E-state index is 4.42. The van der Waals surface area contributed by atoms with Gasteiger partial charge in [0.25, 0.3) is 0 Å². The molecule has 0 heterocycles. The highest BCUT2D eigenvalue weighted by atomic mass is 15.1. The fraction of sp³-hybridized carbons (Fsp3) is 0.129. The smallest absolute Gasteiger partial charge is 0.0443 e. The minimum absolute atomic E-state index is 0.676. The van der Waals surface area contributed by atoms with Crippen molar-refractivity contribution in [3.05, 3.63) is 398 Å². The number of hydrogen-bond donors (Lipinski definition) is 2. The molecule has 6 aliphatic rings. The summed E-state index contributed by atoms with van der Waals surface area (Å²) in [7, 11) is 2.12. The molecule has 0 bridgehead atoms. The maximum atomic E-state index is 4.42. The van der Waals surface area contributed by atoms with Crippen molar-refractivity contribution in [2.45, 2.75) is 39.0 Å². The Morgan fingerprint density at radius 2 is 0.886 bits per heavy atom. The van der Waals surface area contributed by atoms with Gasteiger partial charge in [0.2, 0.25) is 0 Å². The maximum Gasteiger partial charge on any atom is 0.0443 e. The zero-order valence-electron chi connectivity index (χ0n) is 50.9. The van der Waals surface area contributed by atoms with E-state index in [4.69, 9.17) is 0 Å². The quantitative estimate of drug-likeness (QED) is 0.0890. The van der Waals surface area contributed by atoms with Crippen LogP contribution < -0.4 is 15.5 Å². The van der Waals surface area contributed by atoms with E-state index >= 15 is 0 Å². The number of nitrogens with one attached hydrogen (secondary N) is 2. The first-order valence-corrected chi connectivity index (χ1v) is 31.0. The van der Waals surface area contributed by atoms with Gasteiger partial charge in [-0.05, 0) is 142 Å². The lowest BCUT2D eigenvalue weighted by atomic mass is 9.99. The van der Waals surface area contributed by atoms with Gasteiger partial charge in [-0.2, -0.15) is 0 Å². The first kappa shape index (κ1) is 60.9. The van der Waals surface area contributed by atoms with Crippen LogP contribution >= 0.6 is 0 Å².